The number of guanidine groups is 1. The summed E-state index contributed by atoms with van der Waals surface area (Å²) in [4.78, 5) is 18.1. The lowest BCUT2D eigenvalue weighted by molar-refractivity contribution is -0.140. The monoisotopic (exact) mass is 521 g/mol. The van der Waals surface area contributed by atoms with Crippen LogP contribution in [0.5, 0.6) is 0 Å². The number of rotatable bonds is 8. The van der Waals surface area contributed by atoms with Crippen LogP contribution in [-0.4, -0.2) is 56.2 Å². The van der Waals surface area contributed by atoms with Gasteiger partial charge in [0.25, 0.3) is 0 Å². The highest BCUT2D eigenvalue weighted by molar-refractivity contribution is 14.0. The van der Waals surface area contributed by atoms with Crippen molar-refractivity contribution in [1.82, 2.24) is 10.2 Å². The molecule has 2 atom stereocenters. The number of aliphatic imine (C=N–C) groups is 1. The number of methoxy groups -OCH3 is 1. The van der Waals surface area contributed by atoms with Crippen molar-refractivity contribution in [3.63, 3.8) is 0 Å². The molecule has 1 heterocycles. The normalized spacial score (nSPS) is 19.4. The molecule has 1 N–H and O–H groups in total. The van der Waals surface area contributed by atoms with Gasteiger partial charge in [0.1, 0.15) is 11.9 Å². The molecule has 0 aromatic heterocycles. The molecule has 8 heteroatoms. The van der Waals surface area contributed by atoms with Crippen LogP contribution >= 0.6 is 24.0 Å². The lowest BCUT2D eigenvalue weighted by atomic mass is 10.1. The standard InChI is InChI=1S/C21H32FN3O3.HI/c1-4-23-21(24-13-7-5-6-8-20(26)27-3)25-14-16(2)28-19(15-25)17-9-11-18(22)12-10-17;/h9-12,16,19H,4-8,13-15H2,1-3H3,(H,23,24);1H. The molecule has 0 amide bonds. The van der Waals surface area contributed by atoms with Crippen LogP contribution in [0.2, 0.25) is 0 Å². The summed E-state index contributed by atoms with van der Waals surface area (Å²) in [6, 6.07) is 6.50. The summed E-state index contributed by atoms with van der Waals surface area (Å²) in [7, 11) is 1.41. The van der Waals surface area contributed by atoms with E-state index in [9.17, 15) is 9.18 Å². The molecule has 1 aromatic carbocycles. The molecule has 0 bridgehead atoms. The number of benzene rings is 1. The van der Waals surface area contributed by atoms with Gasteiger partial charge in [0, 0.05) is 26.1 Å². The summed E-state index contributed by atoms with van der Waals surface area (Å²) in [5.41, 5.74) is 0.969. The number of morpholine rings is 1. The smallest absolute Gasteiger partial charge is 0.305 e. The zero-order chi connectivity index (χ0) is 20.4. The molecule has 0 aliphatic carbocycles. The first-order valence-electron chi connectivity index (χ1n) is 10.0. The van der Waals surface area contributed by atoms with E-state index in [1.807, 2.05) is 13.8 Å². The molecule has 1 aromatic rings. The Hall–Kier alpha value is -1.42. The topological polar surface area (TPSA) is 63.2 Å². The number of unbranched alkanes of at least 4 members (excludes halogenated alkanes) is 2. The predicted octanol–water partition coefficient (Wildman–Crippen LogP) is 3.90. The minimum Gasteiger partial charge on any atom is -0.469 e. The summed E-state index contributed by atoms with van der Waals surface area (Å²) in [5.74, 6) is 0.468. The third-order valence-electron chi connectivity index (χ3n) is 4.66. The third-order valence-corrected chi connectivity index (χ3v) is 4.66. The van der Waals surface area contributed by atoms with Gasteiger partial charge in [-0.25, -0.2) is 4.39 Å². The van der Waals surface area contributed by atoms with E-state index in [-0.39, 0.29) is 48.0 Å². The molecular weight excluding hydrogens is 488 g/mol. The summed E-state index contributed by atoms with van der Waals surface area (Å²) in [6.07, 6.45) is 3.07. The summed E-state index contributed by atoms with van der Waals surface area (Å²) in [6.45, 7) is 7.01. The number of hydrogen-bond acceptors (Lipinski definition) is 4. The number of nitrogens with zero attached hydrogens (tertiary/aromatic N) is 2. The van der Waals surface area contributed by atoms with Gasteiger partial charge in [-0.2, -0.15) is 0 Å². The Kier molecular flexibility index (Phi) is 12.1. The highest BCUT2D eigenvalue weighted by atomic mass is 127. The zero-order valence-electron chi connectivity index (χ0n) is 17.5. The molecule has 164 valence electrons. The van der Waals surface area contributed by atoms with Crippen molar-refractivity contribution >= 4 is 35.9 Å². The van der Waals surface area contributed by atoms with Crippen LogP contribution in [0.3, 0.4) is 0 Å². The maximum absolute atomic E-state index is 13.2. The molecular formula is C21H33FIN3O3. The Labute approximate surface area is 190 Å². The van der Waals surface area contributed by atoms with E-state index >= 15 is 0 Å². The van der Waals surface area contributed by atoms with Gasteiger partial charge in [-0.05, 0) is 44.4 Å². The molecule has 0 radical (unpaired) electrons. The number of nitrogens with one attached hydrogen (secondary N) is 1. The SMILES string of the molecule is CCNC(=NCCCCCC(=O)OC)N1CC(C)OC(c2ccc(F)cc2)C1.I. The van der Waals surface area contributed by atoms with Crippen molar-refractivity contribution in [1.29, 1.82) is 0 Å². The number of halogens is 2. The van der Waals surface area contributed by atoms with Gasteiger partial charge in [-0.3, -0.25) is 9.79 Å². The molecule has 6 nitrogen and oxygen atoms in total. The van der Waals surface area contributed by atoms with E-state index in [1.165, 1.54) is 19.2 Å². The van der Waals surface area contributed by atoms with Crippen LogP contribution < -0.4 is 5.32 Å². The van der Waals surface area contributed by atoms with Crippen molar-refractivity contribution in [3.05, 3.63) is 35.6 Å². The van der Waals surface area contributed by atoms with Crippen LogP contribution in [0.1, 0.15) is 51.2 Å². The molecule has 1 saturated heterocycles. The molecule has 0 spiro atoms. The van der Waals surface area contributed by atoms with Crippen LogP contribution in [0.25, 0.3) is 0 Å². The number of esters is 1. The molecule has 1 fully saturated rings. The van der Waals surface area contributed by atoms with Crippen molar-refractivity contribution in [2.45, 2.75) is 51.7 Å². The van der Waals surface area contributed by atoms with Gasteiger partial charge in [-0.1, -0.05) is 18.6 Å². The van der Waals surface area contributed by atoms with E-state index in [0.29, 0.717) is 19.5 Å². The molecule has 29 heavy (non-hydrogen) atoms. The second-order valence-electron chi connectivity index (χ2n) is 7.01. The zero-order valence-corrected chi connectivity index (χ0v) is 19.9. The van der Waals surface area contributed by atoms with Crippen molar-refractivity contribution in [2.24, 2.45) is 4.99 Å². The lowest BCUT2D eigenvalue weighted by Crippen LogP contribution is -2.50. The first-order valence-corrected chi connectivity index (χ1v) is 10.0. The molecule has 2 unspecified atom stereocenters. The second kappa shape index (κ2) is 13.7. The van der Waals surface area contributed by atoms with E-state index in [1.54, 1.807) is 12.1 Å². The number of carbonyl (C=O) groups is 1. The van der Waals surface area contributed by atoms with Crippen molar-refractivity contribution in [2.75, 3.05) is 33.3 Å². The second-order valence-corrected chi connectivity index (χ2v) is 7.01. The van der Waals surface area contributed by atoms with E-state index in [0.717, 1.165) is 43.9 Å². The minimum atomic E-state index is -0.244. The Morgan fingerprint density at radius 3 is 2.66 bits per heavy atom. The summed E-state index contributed by atoms with van der Waals surface area (Å²) < 4.78 is 23.9. The van der Waals surface area contributed by atoms with Gasteiger partial charge >= 0.3 is 5.97 Å². The minimum absolute atomic E-state index is 0. The molecule has 0 saturated carbocycles. The van der Waals surface area contributed by atoms with Gasteiger partial charge in [-0.15, -0.1) is 24.0 Å². The Bertz CT molecular complexity index is 643. The van der Waals surface area contributed by atoms with Crippen molar-refractivity contribution in [3.8, 4) is 0 Å². The first-order chi connectivity index (χ1) is 13.5. The maximum Gasteiger partial charge on any atom is 0.305 e. The van der Waals surface area contributed by atoms with Crippen LogP contribution in [0, 0.1) is 5.82 Å². The lowest BCUT2D eigenvalue weighted by Gasteiger charge is -2.38. The van der Waals surface area contributed by atoms with E-state index < -0.39 is 0 Å². The van der Waals surface area contributed by atoms with E-state index in [4.69, 9.17) is 9.73 Å². The quantitative estimate of drug-likeness (QED) is 0.185. The van der Waals surface area contributed by atoms with Gasteiger partial charge in [0.05, 0.1) is 19.8 Å². The number of ether oxygens (including phenoxy) is 2. The van der Waals surface area contributed by atoms with Gasteiger partial charge in [0.2, 0.25) is 0 Å². The van der Waals surface area contributed by atoms with Gasteiger partial charge < -0.3 is 19.7 Å². The van der Waals surface area contributed by atoms with Crippen LogP contribution in [-0.2, 0) is 14.3 Å². The average Bonchev–Trinajstić information content (AvgIpc) is 2.69. The molecule has 1 aliphatic heterocycles. The fourth-order valence-corrected chi connectivity index (χ4v) is 3.26. The van der Waals surface area contributed by atoms with Crippen LogP contribution in [0.15, 0.2) is 29.3 Å². The Balaban J connectivity index is 0.00000420. The van der Waals surface area contributed by atoms with Gasteiger partial charge in [0.15, 0.2) is 5.96 Å². The Morgan fingerprint density at radius 2 is 2.00 bits per heavy atom. The highest BCUT2D eigenvalue weighted by Crippen LogP contribution is 2.25. The van der Waals surface area contributed by atoms with Crippen LogP contribution in [0.4, 0.5) is 4.39 Å². The maximum atomic E-state index is 13.2. The number of carbonyl (C=O) groups excluding carboxylic acids is 1. The fraction of sp³-hybridized carbons (Fsp3) is 0.619. The highest BCUT2D eigenvalue weighted by Gasteiger charge is 2.28. The molecule has 1 aliphatic rings. The Morgan fingerprint density at radius 1 is 1.28 bits per heavy atom. The number of hydrogen-bond donors (Lipinski definition) is 1. The summed E-state index contributed by atoms with van der Waals surface area (Å²) >= 11 is 0. The average molecular weight is 521 g/mol. The first kappa shape index (κ1) is 25.6. The van der Waals surface area contributed by atoms with E-state index in [2.05, 4.69) is 15.0 Å². The fourth-order valence-electron chi connectivity index (χ4n) is 3.26. The predicted molar refractivity (Wildman–Crippen MR) is 123 cm³/mol. The van der Waals surface area contributed by atoms with Crippen molar-refractivity contribution < 1.29 is 18.7 Å². The molecule has 2 rings (SSSR count). The summed E-state index contributed by atoms with van der Waals surface area (Å²) in [5, 5.41) is 3.36. The third kappa shape index (κ3) is 8.86. The largest absolute Gasteiger partial charge is 0.469 e.